The molecule has 0 aliphatic carbocycles. The molecule has 1 unspecified atom stereocenters. The van der Waals surface area contributed by atoms with E-state index in [4.69, 9.17) is 9.84 Å². The van der Waals surface area contributed by atoms with E-state index < -0.39 is 11.9 Å². The molecule has 24 heavy (non-hydrogen) atoms. The number of nitrogens with zero attached hydrogens (tertiary/aromatic N) is 1. The van der Waals surface area contributed by atoms with Gasteiger partial charge < -0.3 is 15.2 Å². The number of rotatable bonds is 7. The molecule has 0 radical (unpaired) electrons. The molecule has 1 aromatic carbocycles. The first-order valence-corrected chi connectivity index (χ1v) is 7.72. The van der Waals surface area contributed by atoms with E-state index in [9.17, 15) is 9.59 Å². The molecule has 6 heteroatoms. The third-order valence-corrected chi connectivity index (χ3v) is 3.53. The fourth-order valence-corrected chi connectivity index (χ4v) is 2.11. The molecule has 0 aliphatic rings. The Labute approximate surface area is 140 Å². The number of hydrogen-bond acceptors (Lipinski definition) is 4. The highest BCUT2D eigenvalue weighted by Gasteiger charge is 2.14. The number of carbonyl (C=O) groups excluding carboxylic acids is 1. The van der Waals surface area contributed by atoms with Gasteiger partial charge in [0.15, 0.2) is 0 Å². The predicted octanol–water partition coefficient (Wildman–Crippen LogP) is 2.68. The summed E-state index contributed by atoms with van der Waals surface area (Å²) in [7, 11) is 0. The van der Waals surface area contributed by atoms with Gasteiger partial charge in [0.1, 0.15) is 23.2 Å². The van der Waals surface area contributed by atoms with Crippen LogP contribution in [0, 0.1) is 6.92 Å². The maximum absolute atomic E-state index is 12.1. The number of carboxylic acid groups (broad SMARTS) is 1. The van der Waals surface area contributed by atoms with Crippen LogP contribution in [0.2, 0.25) is 0 Å². The number of benzene rings is 1. The van der Waals surface area contributed by atoms with Crippen molar-refractivity contribution < 1.29 is 19.4 Å². The third-order valence-electron chi connectivity index (χ3n) is 3.53. The summed E-state index contributed by atoms with van der Waals surface area (Å²) >= 11 is 0. The molecule has 0 fully saturated rings. The van der Waals surface area contributed by atoms with Gasteiger partial charge in [-0.05, 0) is 37.1 Å². The first-order chi connectivity index (χ1) is 11.5. The number of ether oxygens (including phenoxy) is 1. The lowest BCUT2D eigenvalue weighted by molar-refractivity contribution is 0.0690. The molecule has 0 saturated heterocycles. The minimum absolute atomic E-state index is 0.0700. The van der Waals surface area contributed by atoms with E-state index >= 15 is 0 Å². The maximum atomic E-state index is 12.1. The molecule has 2 N–H and O–H groups in total. The molecule has 126 valence electrons. The van der Waals surface area contributed by atoms with Crippen molar-refractivity contribution in [3.63, 3.8) is 0 Å². The monoisotopic (exact) mass is 328 g/mol. The Morgan fingerprint density at radius 1 is 1.17 bits per heavy atom. The fourth-order valence-electron chi connectivity index (χ4n) is 2.11. The number of pyridine rings is 1. The van der Waals surface area contributed by atoms with E-state index in [1.54, 1.807) is 0 Å². The van der Waals surface area contributed by atoms with Crippen molar-refractivity contribution in [2.75, 3.05) is 6.54 Å². The quantitative estimate of drug-likeness (QED) is 0.816. The second-order valence-corrected chi connectivity index (χ2v) is 5.34. The van der Waals surface area contributed by atoms with E-state index in [0.29, 0.717) is 6.54 Å². The highest BCUT2D eigenvalue weighted by molar-refractivity contribution is 5.94. The molecule has 1 atom stereocenters. The zero-order chi connectivity index (χ0) is 17.5. The van der Waals surface area contributed by atoms with Crippen LogP contribution in [0.4, 0.5) is 0 Å². The van der Waals surface area contributed by atoms with Crippen LogP contribution in [-0.4, -0.2) is 34.6 Å². The zero-order valence-electron chi connectivity index (χ0n) is 13.7. The Balaban J connectivity index is 1.97. The number of aryl methyl sites for hydroxylation is 1. The standard InChI is InChI=1S/C18H20N2O4/c1-3-13(24-16-10-5-4-7-12(16)2)11-19-17(21)14-8-6-9-15(20-14)18(22)23/h4-10,13H,3,11H2,1-2H3,(H,19,21)(H,22,23). The number of hydrogen-bond donors (Lipinski definition) is 2. The molecule has 1 aromatic heterocycles. The van der Waals surface area contributed by atoms with Crippen molar-refractivity contribution in [1.82, 2.24) is 10.3 Å². The molecule has 2 aromatic rings. The van der Waals surface area contributed by atoms with E-state index in [1.807, 2.05) is 38.1 Å². The van der Waals surface area contributed by atoms with E-state index in [2.05, 4.69) is 10.3 Å². The summed E-state index contributed by atoms with van der Waals surface area (Å²) in [5.74, 6) is -0.812. The smallest absolute Gasteiger partial charge is 0.354 e. The number of carbonyl (C=O) groups is 2. The Kier molecular flexibility index (Phi) is 5.89. The average Bonchev–Trinajstić information content (AvgIpc) is 2.60. The van der Waals surface area contributed by atoms with Crippen LogP contribution in [0.25, 0.3) is 0 Å². The summed E-state index contributed by atoms with van der Waals surface area (Å²) in [5, 5.41) is 11.7. The lowest BCUT2D eigenvalue weighted by Crippen LogP contribution is -2.35. The topological polar surface area (TPSA) is 88.5 Å². The number of aromatic carboxylic acids is 1. The minimum Gasteiger partial charge on any atom is -0.488 e. The number of nitrogens with one attached hydrogen (secondary N) is 1. The highest BCUT2D eigenvalue weighted by Crippen LogP contribution is 2.18. The van der Waals surface area contributed by atoms with Crippen molar-refractivity contribution in [2.45, 2.75) is 26.4 Å². The van der Waals surface area contributed by atoms with Crippen molar-refractivity contribution in [3.05, 3.63) is 59.4 Å². The second-order valence-electron chi connectivity index (χ2n) is 5.34. The van der Waals surface area contributed by atoms with Gasteiger partial charge in [-0.2, -0.15) is 0 Å². The minimum atomic E-state index is -1.17. The second kappa shape index (κ2) is 8.10. The average molecular weight is 328 g/mol. The van der Waals surface area contributed by atoms with Gasteiger partial charge in [0.2, 0.25) is 0 Å². The van der Waals surface area contributed by atoms with Gasteiger partial charge in [0.25, 0.3) is 5.91 Å². The highest BCUT2D eigenvalue weighted by atomic mass is 16.5. The van der Waals surface area contributed by atoms with Gasteiger partial charge in [-0.15, -0.1) is 0 Å². The molecular weight excluding hydrogens is 308 g/mol. The molecule has 2 rings (SSSR count). The first kappa shape index (κ1) is 17.5. The van der Waals surface area contributed by atoms with Crippen molar-refractivity contribution >= 4 is 11.9 Å². The van der Waals surface area contributed by atoms with Crippen LogP contribution in [-0.2, 0) is 0 Å². The maximum Gasteiger partial charge on any atom is 0.354 e. The van der Waals surface area contributed by atoms with Crippen LogP contribution in [0.3, 0.4) is 0 Å². The Morgan fingerprint density at radius 3 is 2.54 bits per heavy atom. The van der Waals surface area contributed by atoms with Gasteiger partial charge in [-0.1, -0.05) is 31.2 Å². The van der Waals surface area contributed by atoms with Crippen LogP contribution in [0.5, 0.6) is 5.75 Å². The molecule has 6 nitrogen and oxygen atoms in total. The van der Waals surface area contributed by atoms with Gasteiger partial charge in [-0.3, -0.25) is 4.79 Å². The van der Waals surface area contributed by atoms with Crippen LogP contribution >= 0.6 is 0 Å². The Bertz CT molecular complexity index is 730. The summed E-state index contributed by atoms with van der Waals surface area (Å²) in [6, 6.07) is 12.0. The molecule has 1 amide bonds. The molecule has 0 aliphatic heterocycles. The van der Waals surface area contributed by atoms with E-state index in [0.717, 1.165) is 17.7 Å². The fraction of sp³-hybridized carbons (Fsp3) is 0.278. The lowest BCUT2D eigenvalue weighted by atomic mass is 10.2. The summed E-state index contributed by atoms with van der Waals surface area (Å²) in [5.41, 5.74) is 0.935. The zero-order valence-corrected chi connectivity index (χ0v) is 13.7. The van der Waals surface area contributed by atoms with Gasteiger partial charge in [0, 0.05) is 0 Å². The largest absolute Gasteiger partial charge is 0.488 e. The Hall–Kier alpha value is -2.89. The molecular formula is C18H20N2O4. The normalized spacial score (nSPS) is 11.6. The van der Waals surface area contributed by atoms with Crippen molar-refractivity contribution in [1.29, 1.82) is 0 Å². The molecule has 0 bridgehead atoms. The SMILES string of the molecule is CCC(CNC(=O)c1cccc(C(=O)O)n1)Oc1ccccc1C. The van der Waals surface area contributed by atoms with Crippen molar-refractivity contribution in [2.24, 2.45) is 0 Å². The molecule has 0 spiro atoms. The lowest BCUT2D eigenvalue weighted by Gasteiger charge is -2.19. The van der Waals surface area contributed by atoms with Crippen molar-refractivity contribution in [3.8, 4) is 5.75 Å². The molecule has 0 saturated carbocycles. The van der Waals surface area contributed by atoms with Crippen LogP contribution in [0.15, 0.2) is 42.5 Å². The molecule has 1 heterocycles. The van der Waals surface area contributed by atoms with Crippen LogP contribution < -0.4 is 10.1 Å². The van der Waals surface area contributed by atoms with Gasteiger partial charge >= 0.3 is 5.97 Å². The number of aromatic nitrogens is 1. The van der Waals surface area contributed by atoms with Gasteiger partial charge in [0.05, 0.1) is 6.54 Å². The third kappa shape index (κ3) is 4.55. The van der Waals surface area contributed by atoms with E-state index in [-0.39, 0.29) is 17.5 Å². The Morgan fingerprint density at radius 2 is 1.88 bits per heavy atom. The summed E-state index contributed by atoms with van der Waals surface area (Å²) in [4.78, 5) is 26.9. The first-order valence-electron chi connectivity index (χ1n) is 7.72. The summed E-state index contributed by atoms with van der Waals surface area (Å²) < 4.78 is 5.91. The number of carboxylic acids is 1. The van der Waals surface area contributed by atoms with Gasteiger partial charge in [-0.25, -0.2) is 9.78 Å². The number of para-hydroxylation sites is 1. The summed E-state index contributed by atoms with van der Waals surface area (Å²) in [6.07, 6.45) is 0.537. The number of amides is 1. The van der Waals surface area contributed by atoms with Crippen LogP contribution in [0.1, 0.15) is 39.9 Å². The summed E-state index contributed by atoms with van der Waals surface area (Å²) in [6.45, 7) is 4.24. The predicted molar refractivity (Wildman–Crippen MR) is 89.4 cm³/mol. The van der Waals surface area contributed by atoms with E-state index in [1.165, 1.54) is 18.2 Å².